The van der Waals surface area contributed by atoms with Gasteiger partial charge in [0.2, 0.25) is 0 Å². The Morgan fingerprint density at radius 1 is 0.517 bits per heavy atom. The molecule has 29 heavy (non-hydrogen) atoms. The molecule has 0 saturated heterocycles. The standard InChI is InChI=1S/C27H24O2/c1-27(2,21-13-15-23(25(28)17-21)19-9-5-3-6-10-19)22-14-16-24(26(29)18-22)20-11-7-4-8-12-20/h3-18,28-29H,1-2H3. The average molecular weight is 380 g/mol. The summed E-state index contributed by atoms with van der Waals surface area (Å²) in [6.45, 7) is 4.20. The topological polar surface area (TPSA) is 40.5 Å². The Labute approximate surface area is 171 Å². The second-order valence-electron chi connectivity index (χ2n) is 7.82. The largest absolute Gasteiger partial charge is 0.507 e. The van der Waals surface area contributed by atoms with Crippen LogP contribution in [0.5, 0.6) is 11.5 Å². The minimum Gasteiger partial charge on any atom is -0.507 e. The maximum absolute atomic E-state index is 10.7. The number of phenols is 2. The molecule has 0 bridgehead atoms. The molecule has 4 rings (SSSR count). The SMILES string of the molecule is CC(C)(c1ccc(-c2ccccc2)c(O)c1)c1ccc(-c2ccccc2)c(O)c1. The van der Waals surface area contributed by atoms with E-state index < -0.39 is 0 Å². The molecule has 0 aliphatic carbocycles. The molecule has 0 aromatic heterocycles. The first-order valence-corrected chi connectivity index (χ1v) is 9.74. The van der Waals surface area contributed by atoms with Crippen LogP contribution in [0, 0.1) is 0 Å². The predicted octanol–water partition coefficient (Wildman–Crippen LogP) is 6.76. The van der Waals surface area contributed by atoms with Gasteiger partial charge in [0.25, 0.3) is 0 Å². The third-order valence-corrected chi connectivity index (χ3v) is 5.61. The highest BCUT2D eigenvalue weighted by Crippen LogP contribution is 2.40. The number of benzene rings is 4. The third kappa shape index (κ3) is 3.62. The van der Waals surface area contributed by atoms with Gasteiger partial charge >= 0.3 is 0 Å². The summed E-state index contributed by atoms with van der Waals surface area (Å²) in [7, 11) is 0. The van der Waals surface area contributed by atoms with Crippen molar-refractivity contribution in [1.29, 1.82) is 0 Å². The smallest absolute Gasteiger partial charge is 0.123 e. The van der Waals surface area contributed by atoms with Gasteiger partial charge in [-0.3, -0.25) is 0 Å². The molecule has 2 heteroatoms. The molecule has 4 aromatic carbocycles. The van der Waals surface area contributed by atoms with Crippen molar-refractivity contribution < 1.29 is 10.2 Å². The van der Waals surface area contributed by atoms with Crippen LogP contribution in [0.4, 0.5) is 0 Å². The normalized spacial score (nSPS) is 11.4. The Morgan fingerprint density at radius 3 is 1.24 bits per heavy atom. The van der Waals surface area contributed by atoms with Crippen molar-refractivity contribution in [2.75, 3.05) is 0 Å². The van der Waals surface area contributed by atoms with Gasteiger partial charge in [0.1, 0.15) is 11.5 Å². The van der Waals surface area contributed by atoms with Gasteiger partial charge in [-0.05, 0) is 34.4 Å². The number of aromatic hydroxyl groups is 2. The summed E-state index contributed by atoms with van der Waals surface area (Å²) in [5, 5.41) is 21.3. The van der Waals surface area contributed by atoms with Gasteiger partial charge in [0.15, 0.2) is 0 Å². The van der Waals surface area contributed by atoms with Crippen LogP contribution in [0.25, 0.3) is 22.3 Å². The van der Waals surface area contributed by atoms with Crippen molar-refractivity contribution in [3.8, 4) is 33.8 Å². The van der Waals surface area contributed by atoms with Crippen molar-refractivity contribution in [3.63, 3.8) is 0 Å². The quantitative estimate of drug-likeness (QED) is 0.411. The minimum absolute atomic E-state index is 0.256. The molecule has 2 N–H and O–H groups in total. The monoisotopic (exact) mass is 380 g/mol. The van der Waals surface area contributed by atoms with Gasteiger partial charge in [-0.25, -0.2) is 0 Å². The van der Waals surface area contributed by atoms with Crippen LogP contribution in [0.2, 0.25) is 0 Å². The molecule has 0 amide bonds. The zero-order valence-corrected chi connectivity index (χ0v) is 16.6. The van der Waals surface area contributed by atoms with E-state index in [0.717, 1.165) is 33.4 Å². The van der Waals surface area contributed by atoms with Crippen LogP contribution in [0.1, 0.15) is 25.0 Å². The van der Waals surface area contributed by atoms with Crippen LogP contribution in [0.15, 0.2) is 97.1 Å². The first-order valence-electron chi connectivity index (χ1n) is 9.74. The lowest BCUT2D eigenvalue weighted by molar-refractivity contribution is 0.472. The third-order valence-electron chi connectivity index (χ3n) is 5.61. The highest BCUT2D eigenvalue weighted by Gasteiger charge is 2.25. The molecule has 0 unspecified atom stereocenters. The Balaban J connectivity index is 1.70. The lowest BCUT2D eigenvalue weighted by atomic mass is 9.77. The van der Waals surface area contributed by atoms with E-state index in [2.05, 4.69) is 13.8 Å². The van der Waals surface area contributed by atoms with Gasteiger partial charge in [-0.1, -0.05) is 98.8 Å². The molecular formula is C27H24O2. The van der Waals surface area contributed by atoms with Crippen LogP contribution in [-0.2, 0) is 5.41 Å². The summed E-state index contributed by atoms with van der Waals surface area (Å²) in [5.74, 6) is 0.513. The number of rotatable bonds is 4. The Bertz CT molecular complexity index is 1040. The Hall–Kier alpha value is -3.52. The lowest BCUT2D eigenvalue weighted by Crippen LogP contribution is -2.18. The van der Waals surface area contributed by atoms with Gasteiger partial charge in [-0.2, -0.15) is 0 Å². The second-order valence-corrected chi connectivity index (χ2v) is 7.82. The molecule has 0 radical (unpaired) electrons. The second kappa shape index (κ2) is 7.48. The molecule has 4 aromatic rings. The van der Waals surface area contributed by atoms with E-state index in [1.165, 1.54) is 0 Å². The van der Waals surface area contributed by atoms with Gasteiger partial charge in [0, 0.05) is 16.5 Å². The minimum atomic E-state index is -0.376. The fourth-order valence-electron chi connectivity index (χ4n) is 3.73. The molecule has 0 saturated carbocycles. The summed E-state index contributed by atoms with van der Waals surface area (Å²) in [5.41, 5.74) is 5.20. The van der Waals surface area contributed by atoms with Crippen LogP contribution in [-0.4, -0.2) is 10.2 Å². The molecule has 0 heterocycles. The van der Waals surface area contributed by atoms with E-state index in [4.69, 9.17) is 0 Å². The highest BCUT2D eigenvalue weighted by atomic mass is 16.3. The van der Waals surface area contributed by atoms with Crippen molar-refractivity contribution >= 4 is 0 Å². The lowest BCUT2D eigenvalue weighted by Gasteiger charge is -2.27. The van der Waals surface area contributed by atoms with Gasteiger partial charge in [0.05, 0.1) is 0 Å². The molecule has 0 spiro atoms. The van der Waals surface area contributed by atoms with E-state index in [0.29, 0.717) is 0 Å². The molecular weight excluding hydrogens is 356 g/mol. The number of phenolic OH excluding ortho intramolecular Hbond substituents is 2. The summed E-state index contributed by atoms with van der Waals surface area (Å²) in [6, 6.07) is 31.4. The summed E-state index contributed by atoms with van der Waals surface area (Å²) in [6.07, 6.45) is 0. The van der Waals surface area contributed by atoms with Crippen molar-refractivity contribution in [1.82, 2.24) is 0 Å². The molecule has 2 nitrogen and oxygen atoms in total. The zero-order valence-electron chi connectivity index (χ0n) is 16.6. The summed E-state index contributed by atoms with van der Waals surface area (Å²) < 4.78 is 0. The van der Waals surface area contributed by atoms with Crippen molar-refractivity contribution in [2.24, 2.45) is 0 Å². The zero-order chi connectivity index (χ0) is 20.4. The molecule has 0 atom stereocenters. The highest BCUT2D eigenvalue weighted by molar-refractivity contribution is 5.72. The van der Waals surface area contributed by atoms with E-state index in [9.17, 15) is 10.2 Å². The van der Waals surface area contributed by atoms with Crippen LogP contribution in [0.3, 0.4) is 0 Å². The van der Waals surface area contributed by atoms with Gasteiger partial charge < -0.3 is 10.2 Å². The van der Waals surface area contributed by atoms with Gasteiger partial charge in [-0.15, -0.1) is 0 Å². The molecule has 0 aliphatic rings. The van der Waals surface area contributed by atoms with Crippen LogP contribution >= 0.6 is 0 Å². The van der Waals surface area contributed by atoms with Crippen molar-refractivity contribution in [3.05, 3.63) is 108 Å². The first-order chi connectivity index (χ1) is 14.0. The fraction of sp³-hybridized carbons (Fsp3) is 0.111. The van der Waals surface area contributed by atoms with E-state index in [1.54, 1.807) is 0 Å². The number of hydrogen-bond acceptors (Lipinski definition) is 2. The maximum Gasteiger partial charge on any atom is 0.123 e. The number of hydrogen-bond donors (Lipinski definition) is 2. The van der Waals surface area contributed by atoms with Crippen LogP contribution < -0.4 is 0 Å². The maximum atomic E-state index is 10.7. The fourth-order valence-corrected chi connectivity index (χ4v) is 3.73. The summed E-state index contributed by atoms with van der Waals surface area (Å²) >= 11 is 0. The summed E-state index contributed by atoms with van der Waals surface area (Å²) in [4.78, 5) is 0. The molecule has 0 fully saturated rings. The average Bonchev–Trinajstić information content (AvgIpc) is 2.75. The van der Waals surface area contributed by atoms with E-state index >= 15 is 0 Å². The van der Waals surface area contributed by atoms with Crippen molar-refractivity contribution in [2.45, 2.75) is 19.3 Å². The Kier molecular flexibility index (Phi) is 4.85. The molecule has 0 aliphatic heterocycles. The van der Waals surface area contributed by atoms with E-state index in [1.807, 2.05) is 97.1 Å². The predicted molar refractivity (Wildman–Crippen MR) is 119 cm³/mol. The van der Waals surface area contributed by atoms with E-state index in [-0.39, 0.29) is 16.9 Å². The molecule has 144 valence electrons. The Morgan fingerprint density at radius 2 is 0.897 bits per heavy atom. The first kappa shape index (κ1) is 18.8.